The second kappa shape index (κ2) is 8.40. The van der Waals surface area contributed by atoms with Gasteiger partial charge in [-0.25, -0.2) is 9.78 Å². The van der Waals surface area contributed by atoms with Crippen LogP contribution >= 0.6 is 0 Å². The number of amides is 1. The molecular weight excluding hydrogens is 370 g/mol. The Kier molecular flexibility index (Phi) is 5.93. The number of fused-ring (bicyclic) bond motifs is 1. The predicted octanol–water partition coefficient (Wildman–Crippen LogP) is 1.35. The van der Waals surface area contributed by atoms with Crippen molar-refractivity contribution in [2.75, 3.05) is 20.6 Å². The Morgan fingerprint density at radius 2 is 1.93 bits per heavy atom. The van der Waals surface area contributed by atoms with Crippen molar-refractivity contribution in [2.45, 2.75) is 19.4 Å². The van der Waals surface area contributed by atoms with Gasteiger partial charge >= 0.3 is 5.69 Å². The first-order chi connectivity index (χ1) is 13.8. The number of nitrogens with one attached hydrogen (secondary N) is 2. The number of aromatic nitrogens is 3. The van der Waals surface area contributed by atoms with Gasteiger partial charge in [0.25, 0.3) is 11.5 Å². The average molecular weight is 395 g/mol. The number of benzene rings is 1. The average Bonchev–Trinajstić information content (AvgIpc) is 2.69. The molecular formula is C21H25N5O3. The molecule has 2 aromatic heterocycles. The van der Waals surface area contributed by atoms with Crippen LogP contribution in [-0.2, 0) is 7.05 Å². The Morgan fingerprint density at radius 1 is 1.24 bits per heavy atom. The number of hydrogen-bond donors (Lipinski definition) is 2. The fraction of sp³-hybridized carbons (Fsp3) is 0.333. The van der Waals surface area contributed by atoms with Crippen LogP contribution in [0.25, 0.3) is 11.0 Å². The molecule has 0 aliphatic rings. The van der Waals surface area contributed by atoms with E-state index in [0.717, 1.165) is 12.1 Å². The molecule has 2 N–H and O–H groups in total. The third-order valence-electron chi connectivity index (χ3n) is 4.82. The van der Waals surface area contributed by atoms with E-state index in [9.17, 15) is 14.4 Å². The highest BCUT2D eigenvalue weighted by atomic mass is 16.2. The molecule has 0 bridgehead atoms. The SMILES string of the molecule is Cc1cc(C(=O)N[C@@H](CCN(C)C)c2ccccc2)c2c(=O)[nH]c(=O)n(C)c2n1. The monoisotopic (exact) mass is 395 g/mol. The maximum atomic E-state index is 13.2. The van der Waals surface area contributed by atoms with E-state index in [0.29, 0.717) is 12.1 Å². The molecule has 0 aliphatic heterocycles. The summed E-state index contributed by atoms with van der Waals surface area (Å²) in [5, 5.41) is 3.16. The quantitative estimate of drug-likeness (QED) is 0.656. The van der Waals surface area contributed by atoms with E-state index in [-0.39, 0.29) is 28.5 Å². The molecule has 29 heavy (non-hydrogen) atoms. The second-order valence-corrected chi connectivity index (χ2v) is 7.36. The molecule has 0 aliphatic carbocycles. The molecule has 0 fully saturated rings. The Bertz CT molecular complexity index is 1150. The predicted molar refractivity (Wildman–Crippen MR) is 112 cm³/mol. The van der Waals surface area contributed by atoms with Crippen molar-refractivity contribution in [2.24, 2.45) is 7.05 Å². The Balaban J connectivity index is 2.05. The molecule has 1 atom stereocenters. The summed E-state index contributed by atoms with van der Waals surface area (Å²) in [6, 6.07) is 11.1. The van der Waals surface area contributed by atoms with E-state index in [1.54, 1.807) is 13.0 Å². The highest BCUT2D eigenvalue weighted by Gasteiger charge is 2.21. The fourth-order valence-electron chi connectivity index (χ4n) is 3.27. The summed E-state index contributed by atoms with van der Waals surface area (Å²) in [5.41, 5.74) is 0.737. The number of carbonyl (C=O) groups is 1. The molecule has 0 spiro atoms. The molecule has 8 heteroatoms. The number of aryl methyl sites for hydroxylation is 2. The van der Waals surface area contributed by atoms with Crippen LogP contribution in [0.4, 0.5) is 0 Å². The van der Waals surface area contributed by atoms with Crippen molar-refractivity contribution < 1.29 is 4.79 Å². The third-order valence-corrected chi connectivity index (χ3v) is 4.82. The van der Waals surface area contributed by atoms with Crippen LogP contribution in [0.5, 0.6) is 0 Å². The zero-order chi connectivity index (χ0) is 21.1. The van der Waals surface area contributed by atoms with E-state index in [1.165, 1.54) is 11.6 Å². The van der Waals surface area contributed by atoms with E-state index >= 15 is 0 Å². The zero-order valence-corrected chi connectivity index (χ0v) is 17.0. The normalized spacial score (nSPS) is 12.3. The maximum absolute atomic E-state index is 13.2. The van der Waals surface area contributed by atoms with E-state index in [4.69, 9.17) is 0 Å². The minimum absolute atomic E-state index is 0.106. The fourth-order valence-corrected chi connectivity index (χ4v) is 3.27. The smallest absolute Gasteiger partial charge is 0.329 e. The lowest BCUT2D eigenvalue weighted by atomic mass is 10.0. The van der Waals surface area contributed by atoms with Crippen molar-refractivity contribution in [3.63, 3.8) is 0 Å². The first-order valence-electron chi connectivity index (χ1n) is 9.39. The molecule has 0 unspecified atom stereocenters. The molecule has 1 aromatic carbocycles. The minimum atomic E-state index is -0.620. The summed E-state index contributed by atoms with van der Waals surface area (Å²) in [6.45, 7) is 2.51. The van der Waals surface area contributed by atoms with Crippen LogP contribution in [-0.4, -0.2) is 46.0 Å². The molecule has 3 aromatic rings. The topological polar surface area (TPSA) is 100 Å². The highest BCUT2D eigenvalue weighted by molar-refractivity contribution is 6.05. The van der Waals surface area contributed by atoms with Crippen LogP contribution in [0, 0.1) is 6.92 Å². The molecule has 0 saturated heterocycles. The number of pyridine rings is 1. The largest absolute Gasteiger partial charge is 0.345 e. The standard InChI is InChI=1S/C21H25N5O3/c1-13-12-15(17-18(22-13)26(4)21(29)24-20(17)28)19(27)23-16(10-11-25(2)3)14-8-6-5-7-9-14/h5-9,12,16H,10-11H2,1-4H3,(H,23,27)(H,24,28,29)/t16-/m0/s1. The van der Waals surface area contributed by atoms with Gasteiger partial charge in [-0.2, -0.15) is 0 Å². The number of nitrogens with zero attached hydrogens (tertiary/aromatic N) is 3. The molecule has 8 nitrogen and oxygen atoms in total. The number of carbonyl (C=O) groups excluding carboxylic acids is 1. The van der Waals surface area contributed by atoms with Crippen LogP contribution in [0.1, 0.15) is 34.1 Å². The van der Waals surface area contributed by atoms with Gasteiger partial charge in [0, 0.05) is 12.7 Å². The van der Waals surface area contributed by atoms with Crippen LogP contribution in [0.2, 0.25) is 0 Å². The van der Waals surface area contributed by atoms with E-state index in [1.807, 2.05) is 44.4 Å². The van der Waals surface area contributed by atoms with Gasteiger partial charge in [-0.15, -0.1) is 0 Å². The number of hydrogen-bond acceptors (Lipinski definition) is 5. The van der Waals surface area contributed by atoms with Gasteiger partial charge in [0.1, 0.15) is 5.65 Å². The van der Waals surface area contributed by atoms with Crippen molar-refractivity contribution in [3.8, 4) is 0 Å². The molecule has 0 saturated carbocycles. The number of rotatable bonds is 6. The highest BCUT2D eigenvalue weighted by Crippen LogP contribution is 2.19. The van der Waals surface area contributed by atoms with Crippen LogP contribution in [0.3, 0.4) is 0 Å². The van der Waals surface area contributed by atoms with Gasteiger partial charge in [0.05, 0.1) is 17.0 Å². The summed E-state index contributed by atoms with van der Waals surface area (Å²) in [6.07, 6.45) is 0.708. The van der Waals surface area contributed by atoms with Crippen molar-refractivity contribution in [3.05, 3.63) is 74.1 Å². The summed E-state index contributed by atoms with van der Waals surface area (Å²) in [4.78, 5) is 46.2. The lowest BCUT2D eigenvalue weighted by Crippen LogP contribution is -2.34. The Morgan fingerprint density at radius 3 is 2.59 bits per heavy atom. The van der Waals surface area contributed by atoms with Crippen LogP contribution < -0.4 is 16.6 Å². The van der Waals surface area contributed by atoms with Gasteiger partial charge in [0.2, 0.25) is 0 Å². The summed E-state index contributed by atoms with van der Waals surface area (Å²) in [5.74, 6) is -0.378. The Labute approximate surface area is 168 Å². The first kappa shape index (κ1) is 20.5. The molecule has 3 rings (SSSR count). The van der Waals surface area contributed by atoms with Crippen molar-refractivity contribution in [1.29, 1.82) is 0 Å². The lowest BCUT2D eigenvalue weighted by molar-refractivity contribution is 0.0934. The molecule has 0 radical (unpaired) electrons. The number of aromatic amines is 1. The third kappa shape index (κ3) is 4.43. The van der Waals surface area contributed by atoms with Crippen molar-refractivity contribution >= 4 is 16.9 Å². The van der Waals surface area contributed by atoms with Gasteiger partial charge in [-0.1, -0.05) is 30.3 Å². The van der Waals surface area contributed by atoms with Gasteiger partial charge in [-0.05, 0) is 45.6 Å². The van der Waals surface area contributed by atoms with Crippen LogP contribution in [0.15, 0.2) is 46.0 Å². The minimum Gasteiger partial charge on any atom is -0.345 e. The summed E-state index contributed by atoms with van der Waals surface area (Å²) < 4.78 is 1.24. The zero-order valence-electron chi connectivity index (χ0n) is 17.0. The Hall–Kier alpha value is -3.26. The van der Waals surface area contributed by atoms with Gasteiger partial charge in [0.15, 0.2) is 0 Å². The van der Waals surface area contributed by atoms with Gasteiger partial charge < -0.3 is 10.2 Å². The second-order valence-electron chi connectivity index (χ2n) is 7.36. The first-order valence-corrected chi connectivity index (χ1v) is 9.39. The van der Waals surface area contributed by atoms with Crippen molar-refractivity contribution in [1.82, 2.24) is 24.8 Å². The molecule has 1 amide bonds. The van der Waals surface area contributed by atoms with Gasteiger partial charge in [-0.3, -0.25) is 19.1 Å². The maximum Gasteiger partial charge on any atom is 0.329 e. The number of H-pyrrole nitrogens is 1. The van der Waals surface area contributed by atoms with E-state index < -0.39 is 11.2 Å². The lowest BCUT2D eigenvalue weighted by Gasteiger charge is -2.22. The van der Waals surface area contributed by atoms with E-state index in [2.05, 4.69) is 20.2 Å². The summed E-state index contributed by atoms with van der Waals surface area (Å²) in [7, 11) is 5.46. The molecule has 152 valence electrons. The molecule has 2 heterocycles. The summed E-state index contributed by atoms with van der Waals surface area (Å²) >= 11 is 0.